The van der Waals surface area contributed by atoms with Gasteiger partial charge in [0.05, 0.1) is 12.6 Å². The van der Waals surface area contributed by atoms with E-state index in [0.717, 1.165) is 18.6 Å². The molecule has 190 valence electrons. The standard InChI is InChI=1S/C22H27N3O3.C2HF3O2/c23-21(24)17-5-4-8-20(15-17)27-14-13-25-22(26)16-9-11-19(12-10-16)28-18-6-2-1-3-7-18;3-2(4,5)1(6)7/h4-5,8-12,15,18H,1-3,6-7,13-14H2,(H3,23,24)(H,25,26);(H,6,7). The second kappa shape index (κ2) is 13.2. The van der Waals surface area contributed by atoms with Crippen LogP contribution in [0, 0.1) is 5.41 Å². The monoisotopic (exact) mass is 495 g/mol. The van der Waals surface area contributed by atoms with Gasteiger partial charge in [-0.1, -0.05) is 18.6 Å². The zero-order valence-electron chi connectivity index (χ0n) is 18.9. The molecule has 2 aromatic rings. The Hall–Kier alpha value is -3.76. The van der Waals surface area contributed by atoms with Crippen LogP contribution in [0.3, 0.4) is 0 Å². The van der Waals surface area contributed by atoms with Gasteiger partial charge in [0.2, 0.25) is 0 Å². The molecule has 0 bridgehead atoms. The number of alkyl halides is 3. The molecular formula is C24H28F3N3O5. The van der Waals surface area contributed by atoms with Crippen molar-refractivity contribution in [1.82, 2.24) is 5.32 Å². The second-order valence-electron chi connectivity index (χ2n) is 7.75. The highest BCUT2D eigenvalue weighted by molar-refractivity contribution is 5.95. The molecule has 0 radical (unpaired) electrons. The van der Waals surface area contributed by atoms with E-state index < -0.39 is 12.1 Å². The van der Waals surface area contributed by atoms with Crippen LogP contribution in [0.15, 0.2) is 48.5 Å². The molecule has 0 aromatic heterocycles. The molecule has 2 aromatic carbocycles. The first kappa shape index (κ1) is 27.5. The maximum absolute atomic E-state index is 12.2. The molecule has 11 heteroatoms. The molecule has 1 fully saturated rings. The molecule has 3 rings (SSSR count). The van der Waals surface area contributed by atoms with E-state index in [9.17, 15) is 18.0 Å². The van der Waals surface area contributed by atoms with Crippen LogP contribution >= 0.6 is 0 Å². The third-order valence-electron chi connectivity index (χ3n) is 5.02. The van der Waals surface area contributed by atoms with E-state index in [1.165, 1.54) is 19.3 Å². The summed E-state index contributed by atoms with van der Waals surface area (Å²) >= 11 is 0. The van der Waals surface area contributed by atoms with Crippen molar-refractivity contribution in [2.24, 2.45) is 5.73 Å². The number of nitrogens with one attached hydrogen (secondary N) is 2. The Morgan fingerprint density at radius 1 is 1.03 bits per heavy atom. The van der Waals surface area contributed by atoms with E-state index in [4.69, 9.17) is 30.5 Å². The summed E-state index contributed by atoms with van der Waals surface area (Å²) in [5.41, 5.74) is 6.67. The van der Waals surface area contributed by atoms with Crippen LogP contribution < -0.4 is 20.5 Å². The number of amides is 1. The number of halogens is 3. The van der Waals surface area contributed by atoms with Gasteiger partial charge in [-0.25, -0.2) is 4.79 Å². The number of carbonyl (C=O) groups is 2. The van der Waals surface area contributed by atoms with Crippen LogP contribution in [0.5, 0.6) is 11.5 Å². The summed E-state index contributed by atoms with van der Waals surface area (Å²) < 4.78 is 43.3. The Morgan fingerprint density at radius 2 is 1.66 bits per heavy atom. The van der Waals surface area contributed by atoms with Crippen molar-refractivity contribution in [1.29, 1.82) is 5.41 Å². The Bertz CT molecular complexity index is 991. The summed E-state index contributed by atoms with van der Waals surface area (Å²) in [6.07, 6.45) is 1.19. The SMILES string of the molecule is N=C(N)c1cccc(OCCNC(=O)c2ccc(OC3CCCCC3)cc2)c1.O=C(O)C(F)(F)F. The Kier molecular flexibility index (Phi) is 10.4. The van der Waals surface area contributed by atoms with Crippen molar-refractivity contribution in [2.45, 2.75) is 44.4 Å². The van der Waals surface area contributed by atoms with Gasteiger partial charge in [0.15, 0.2) is 0 Å². The second-order valence-corrected chi connectivity index (χ2v) is 7.75. The number of amidine groups is 1. The third-order valence-corrected chi connectivity index (χ3v) is 5.02. The first-order valence-corrected chi connectivity index (χ1v) is 11.0. The molecule has 1 aliphatic carbocycles. The van der Waals surface area contributed by atoms with Crippen molar-refractivity contribution in [2.75, 3.05) is 13.2 Å². The molecule has 0 atom stereocenters. The van der Waals surface area contributed by atoms with Crippen molar-refractivity contribution in [3.63, 3.8) is 0 Å². The Balaban J connectivity index is 0.000000540. The molecular weight excluding hydrogens is 467 g/mol. The maximum atomic E-state index is 12.2. The van der Waals surface area contributed by atoms with E-state index in [-0.39, 0.29) is 11.7 Å². The number of carbonyl (C=O) groups excluding carboxylic acids is 1. The Labute approximate surface area is 200 Å². The predicted octanol–water partition coefficient (Wildman–Crippen LogP) is 4.12. The molecule has 5 N–H and O–H groups in total. The first-order valence-electron chi connectivity index (χ1n) is 11.0. The summed E-state index contributed by atoms with van der Waals surface area (Å²) in [4.78, 5) is 21.1. The number of carboxylic acid groups (broad SMARTS) is 1. The van der Waals surface area contributed by atoms with Gasteiger partial charge in [0.1, 0.15) is 23.9 Å². The average Bonchev–Trinajstić information content (AvgIpc) is 2.83. The van der Waals surface area contributed by atoms with Crippen LogP contribution in [0.2, 0.25) is 0 Å². The van der Waals surface area contributed by atoms with E-state index >= 15 is 0 Å². The van der Waals surface area contributed by atoms with Crippen molar-refractivity contribution in [3.8, 4) is 11.5 Å². The minimum Gasteiger partial charge on any atom is -0.492 e. The molecule has 0 spiro atoms. The van der Waals surface area contributed by atoms with Crippen molar-refractivity contribution < 1.29 is 37.3 Å². The highest BCUT2D eigenvalue weighted by Crippen LogP contribution is 2.23. The molecule has 0 saturated heterocycles. The largest absolute Gasteiger partial charge is 0.492 e. The highest BCUT2D eigenvalue weighted by atomic mass is 19.4. The highest BCUT2D eigenvalue weighted by Gasteiger charge is 2.38. The number of nitrogens with two attached hydrogens (primary N) is 1. The smallest absolute Gasteiger partial charge is 0.490 e. The van der Waals surface area contributed by atoms with Crippen LogP contribution in [0.1, 0.15) is 48.0 Å². The van der Waals surface area contributed by atoms with Gasteiger partial charge in [0, 0.05) is 11.1 Å². The number of benzene rings is 2. The van der Waals surface area contributed by atoms with E-state index in [0.29, 0.717) is 36.1 Å². The topological polar surface area (TPSA) is 135 Å². The number of carboxylic acids is 1. The number of rotatable bonds is 8. The number of nitrogen functional groups attached to an aromatic ring is 1. The normalized spacial score (nSPS) is 13.7. The average molecular weight is 495 g/mol. The zero-order chi connectivity index (χ0) is 25.8. The van der Waals surface area contributed by atoms with Crippen LogP contribution in [0.25, 0.3) is 0 Å². The van der Waals surface area contributed by atoms with Gasteiger partial charge in [-0.2, -0.15) is 13.2 Å². The lowest BCUT2D eigenvalue weighted by Crippen LogP contribution is -2.28. The molecule has 0 aliphatic heterocycles. The van der Waals surface area contributed by atoms with Crippen molar-refractivity contribution >= 4 is 17.7 Å². The number of aliphatic carboxylic acids is 1. The fourth-order valence-corrected chi connectivity index (χ4v) is 3.25. The fraction of sp³-hybridized carbons (Fsp3) is 0.375. The Morgan fingerprint density at radius 3 is 2.23 bits per heavy atom. The minimum absolute atomic E-state index is 0.00494. The van der Waals surface area contributed by atoms with Gasteiger partial charge < -0.3 is 25.6 Å². The van der Waals surface area contributed by atoms with Crippen LogP contribution in [-0.2, 0) is 4.79 Å². The van der Waals surface area contributed by atoms with Crippen LogP contribution in [0.4, 0.5) is 13.2 Å². The van der Waals surface area contributed by atoms with Gasteiger partial charge in [-0.05, 0) is 62.1 Å². The molecule has 1 aliphatic rings. The van der Waals surface area contributed by atoms with E-state index in [1.54, 1.807) is 36.4 Å². The maximum Gasteiger partial charge on any atom is 0.490 e. The van der Waals surface area contributed by atoms with Gasteiger partial charge in [-0.15, -0.1) is 0 Å². The molecule has 0 unspecified atom stereocenters. The summed E-state index contributed by atoms with van der Waals surface area (Å²) in [6, 6.07) is 14.3. The van der Waals surface area contributed by atoms with Gasteiger partial charge in [-0.3, -0.25) is 10.2 Å². The molecule has 0 heterocycles. The predicted molar refractivity (Wildman–Crippen MR) is 123 cm³/mol. The third kappa shape index (κ3) is 9.95. The van der Waals surface area contributed by atoms with Crippen LogP contribution in [-0.4, -0.2) is 48.3 Å². The number of hydrogen-bond acceptors (Lipinski definition) is 5. The summed E-state index contributed by atoms with van der Waals surface area (Å²) in [5.74, 6) is -1.48. The lowest BCUT2D eigenvalue weighted by Gasteiger charge is -2.23. The fourth-order valence-electron chi connectivity index (χ4n) is 3.25. The lowest BCUT2D eigenvalue weighted by molar-refractivity contribution is -0.192. The van der Waals surface area contributed by atoms with E-state index in [2.05, 4.69) is 5.32 Å². The van der Waals surface area contributed by atoms with Gasteiger partial charge >= 0.3 is 12.1 Å². The number of hydrogen-bond donors (Lipinski definition) is 4. The summed E-state index contributed by atoms with van der Waals surface area (Å²) in [7, 11) is 0. The molecule has 1 saturated carbocycles. The lowest BCUT2D eigenvalue weighted by atomic mass is 9.98. The quantitative estimate of drug-likeness (QED) is 0.247. The molecule has 35 heavy (non-hydrogen) atoms. The summed E-state index contributed by atoms with van der Waals surface area (Å²) in [5, 5.41) is 17.4. The van der Waals surface area contributed by atoms with Gasteiger partial charge in [0.25, 0.3) is 5.91 Å². The zero-order valence-corrected chi connectivity index (χ0v) is 18.9. The minimum atomic E-state index is -5.08. The summed E-state index contributed by atoms with van der Waals surface area (Å²) in [6.45, 7) is 0.708. The molecule has 1 amide bonds. The molecule has 8 nitrogen and oxygen atoms in total. The van der Waals surface area contributed by atoms with E-state index in [1.807, 2.05) is 12.1 Å². The van der Waals surface area contributed by atoms with Crippen molar-refractivity contribution in [3.05, 3.63) is 59.7 Å². The first-order chi connectivity index (χ1) is 16.6. The number of ether oxygens (including phenoxy) is 2.